The van der Waals surface area contributed by atoms with Gasteiger partial charge >= 0.3 is 0 Å². The molecule has 0 saturated carbocycles. The number of unbranched alkanes of at least 4 members (excludes halogenated alkanes) is 2. The Balaban J connectivity index is 4.02. The molecule has 0 unspecified atom stereocenters. The molecule has 0 fully saturated rings. The first kappa shape index (κ1) is 17.0. The van der Waals surface area contributed by atoms with Crippen molar-refractivity contribution in [1.29, 1.82) is 0 Å². The molecule has 0 aromatic heterocycles. The van der Waals surface area contributed by atoms with Crippen LogP contribution >= 0.6 is 0 Å². The van der Waals surface area contributed by atoms with Crippen LogP contribution in [-0.2, 0) is 0 Å². The van der Waals surface area contributed by atoms with Crippen LogP contribution in [0.15, 0.2) is 0 Å². The summed E-state index contributed by atoms with van der Waals surface area (Å²) >= 11 is 0. The molecule has 0 bridgehead atoms. The lowest BCUT2D eigenvalue weighted by atomic mass is 9.85. The molecule has 3 atom stereocenters. The zero-order valence-corrected chi connectivity index (χ0v) is 12.5. The molecule has 0 aromatic carbocycles. The van der Waals surface area contributed by atoms with Crippen LogP contribution in [0.1, 0.15) is 85.5 Å². The fourth-order valence-corrected chi connectivity index (χ4v) is 2.65. The molecule has 0 radical (unpaired) electrons. The highest BCUT2D eigenvalue weighted by molar-refractivity contribution is 4.72. The molecule has 0 rings (SSSR count). The Morgan fingerprint density at radius 1 is 0.824 bits per heavy atom. The van der Waals surface area contributed by atoms with Crippen molar-refractivity contribution >= 4 is 0 Å². The average Bonchev–Trinajstić information content (AvgIpc) is 2.35. The van der Waals surface area contributed by atoms with Crippen molar-refractivity contribution in [3.8, 4) is 0 Å². The van der Waals surface area contributed by atoms with Gasteiger partial charge < -0.3 is 5.11 Å². The Hall–Kier alpha value is -0.0400. The van der Waals surface area contributed by atoms with Crippen molar-refractivity contribution in [1.82, 2.24) is 0 Å². The van der Waals surface area contributed by atoms with E-state index in [2.05, 4.69) is 27.7 Å². The quantitative estimate of drug-likeness (QED) is 0.530. The van der Waals surface area contributed by atoms with E-state index in [0.717, 1.165) is 18.8 Å². The Kier molecular flexibility index (Phi) is 11.0. The molecule has 104 valence electrons. The Morgan fingerprint density at radius 2 is 1.41 bits per heavy atom. The second kappa shape index (κ2) is 11.1. The van der Waals surface area contributed by atoms with Gasteiger partial charge in [0.1, 0.15) is 0 Å². The van der Waals surface area contributed by atoms with Crippen LogP contribution < -0.4 is 0 Å². The van der Waals surface area contributed by atoms with E-state index in [1.165, 1.54) is 44.9 Å². The van der Waals surface area contributed by atoms with Crippen molar-refractivity contribution < 1.29 is 5.11 Å². The molecule has 0 aliphatic rings. The highest BCUT2D eigenvalue weighted by atomic mass is 16.3. The fourth-order valence-electron chi connectivity index (χ4n) is 2.65. The summed E-state index contributed by atoms with van der Waals surface area (Å²) in [6, 6.07) is 0. The summed E-state index contributed by atoms with van der Waals surface area (Å²) in [5.41, 5.74) is 0. The highest BCUT2D eigenvalue weighted by Gasteiger charge is 2.20. The maximum atomic E-state index is 10.3. The van der Waals surface area contributed by atoms with E-state index in [-0.39, 0.29) is 6.10 Å². The minimum absolute atomic E-state index is 0.0617. The number of hydrogen-bond donors (Lipinski definition) is 1. The lowest BCUT2D eigenvalue weighted by Gasteiger charge is -2.25. The van der Waals surface area contributed by atoms with Crippen LogP contribution in [0.5, 0.6) is 0 Å². The topological polar surface area (TPSA) is 20.2 Å². The van der Waals surface area contributed by atoms with Gasteiger partial charge in [0.25, 0.3) is 0 Å². The third-order valence-electron chi connectivity index (χ3n) is 4.12. The molecule has 17 heavy (non-hydrogen) atoms. The lowest BCUT2D eigenvalue weighted by Crippen LogP contribution is -2.23. The fraction of sp³-hybridized carbons (Fsp3) is 1.00. The Morgan fingerprint density at radius 3 is 1.88 bits per heavy atom. The number of aliphatic hydroxyl groups excluding tert-OH is 1. The Bertz CT molecular complexity index is 156. The zero-order valence-electron chi connectivity index (χ0n) is 12.5. The van der Waals surface area contributed by atoms with E-state index in [4.69, 9.17) is 0 Å². The van der Waals surface area contributed by atoms with Crippen LogP contribution in [-0.4, -0.2) is 11.2 Å². The maximum absolute atomic E-state index is 10.3. The molecular weight excluding hydrogens is 208 g/mol. The summed E-state index contributed by atoms with van der Waals surface area (Å²) in [7, 11) is 0. The van der Waals surface area contributed by atoms with Gasteiger partial charge in [-0.25, -0.2) is 0 Å². The molecule has 0 amide bonds. The SMILES string of the molecule is CCCC[C@H](CC)C[C@H](O)[C@@H](CC)CCCC. The first-order valence-electron chi connectivity index (χ1n) is 7.87. The van der Waals surface area contributed by atoms with E-state index in [0.29, 0.717) is 5.92 Å². The molecule has 0 aliphatic carbocycles. The second-order valence-corrected chi connectivity index (χ2v) is 5.53. The van der Waals surface area contributed by atoms with Crippen LogP contribution in [0.25, 0.3) is 0 Å². The first-order chi connectivity index (χ1) is 8.19. The zero-order chi connectivity index (χ0) is 13.1. The van der Waals surface area contributed by atoms with Crippen LogP contribution in [0.2, 0.25) is 0 Å². The molecular formula is C16H34O. The average molecular weight is 242 g/mol. The van der Waals surface area contributed by atoms with E-state index in [9.17, 15) is 5.11 Å². The van der Waals surface area contributed by atoms with Crippen molar-refractivity contribution in [3.05, 3.63) is 0 Å². The summed E-state index contributed by atoms with van der Waals surface area (Å²) in [5.74, 6) is 1.27. The van der Waals surface area contributed by atoms with E-state index >= 15 is 0 Å². The third kappa shape index (κ3) is 7.81. The van der Waals surface area contributed by atoms with Crippen molar-refractivity contribution in [2.45, 2.75) is 91.6 Å². The van der Waals surface area contributed by atoms with Crippen molar-refractivity contribution in [2.24, 2.45) is 11.8 Å². The van der Waals surface area contributed by atoms with Gasteiger partial charge in [-0.15, -0.1) is 0 Å². The third-order valence-corrected chi connectivity index (χ3v) is 4.12. The van der Waals surface area contributed by atoms with Crippen LogP contribution in [0, 0.1) is 11.8 Å². The van der Waals surface area contributed by atoms with Crippen molar-refractivity contribution in [2.75, 3.05) is 0 Å². The highest BCUT2D eigenvalue weighted by Crippen LogP contribution is 2.25. The summed E-state index contributed by atoms with van der Waals surface area (Å²) in [6.07, 6.45) is 10.9. The predicted octanol–water partition coefficient (Wildman–Crippen LogP) is 5.17. The van der Waals surface area contributed by atoms with Gasteiger partial charge in [-0.3, -0.25) is 0 Å². The number of hydrogen-bond acceptors (Lipinski definition) is 1. The second-order valence-electron chi connectivity index (χ2n) is 5.53. The van der Waals surface area contributed by atoms with Gasteiger partial charge in [-0.05, 0) is 24.7 Å². The molecule has 0 spiro atoms. The van der Waals surface area contributed by atoms with Crippen LogP contribution in [0.4, 0.5) is 0 Å². The monoisotopic (exact) mass is 242 g/mol. The molecule has 1 heteroatoms. The molecule has 1 nitrogen and oxygen atoms in total. The summed E-state index contributed by atoms with van der Waals surface area (Å²) in [5, 5.41) is 10.3. The summed E-state index contributed by atoms with van der Waals surface area (Å²) < 4.78 is 0. The predicted molar refractivity (Wildman–Crippen MR) is 77.2 cm³/mol. The minimum Gasteiger partial charge on any atom is -0.393 e. The number of rotatable bonds is 11. The van der Waals surface area contributed by atoms with E-state index < -0.39 is 0 Å². The normalized spacial score (nSPS) is 16.8. The van der Waals surface area contributed by atoms with Crippen molar-refractivity contribution in [3.63, 3.8) is 0 Å². The summed E-state index contributed by atoms with van der Waals surface area (Å²) in [6.45, 7) is 8.96. The molecule has 0 heterocycles. The van der Waals surface area contributed by atoms with E-state index in [1.54, 1.807) is 0 Å². The number of aliphatic hydroxyl groups is 1. The summed E-state index contributed by atoms with van der Waals surface area (Å²) in [4.78, 5) is 0. The molecule has 0 aromatic rings. The minimum atomic E-state index is -0.0617. The van der Waals surface area contributed by atoms with Gasteiger partial charge in [0, 0.05) is 0 Å². The standard InChI is InChI=1S/C16H34O/c1-5-9-11-14(7-3)13-16(17)15(8-4)12-10-6-2/h14-17H,5-13H2,1-4H3/t14-,15-,16-/m0/s1. The molecule has 1 N–H and O–H groups in total. The van der Waals surface area contributed by atoms with Crippen LogP contribution in [0.3, 0.4) is 0 Å². The maximum Gasteiger partial charge on any atom is 0.0570 e. The largest absolute Gasteiger partial charge is 0.393 e. The molecule has 0 aliphatic heterocycles. The van der Waals surface area contributed by atoms with Gasteiger partial charge in [0.05, 0.1) is 6.10 Å². The van der Waals surface area contributed by atoms with Gasteiger partial charge in [-0.2, -0.15) is 0 Å². The Labute approximate surface area is 109 Å². The van der Waals surface area contributed by atoms with Gasteiger partial charge in [0.15, 0.2) is 0 Å². The van der Waals surface area contributed by atoms with Gasteiger partial charge in [0.2, 0.25) is 0 Å². The van der Waals surface area contributed by atoms with Gasteiger partial charge in [-0.1, -0.05) is 72.6 Å². The van der Waals surface area contributed by atoms with E-state index in [1.807, 2.05) is 0 Å². The molecule has 0 saturated heterocycles. The smallest absolute Gasteiger partial charge is 0.0570 e. The first-order valence-corrected chi connectivity index (χ1v) is 7.87. The lowest BCUT2D eigenvalue weighted by molar-refractivity contribution is 0.0711.